The van der Waals surface area contributed by atoms with Crippen LogP contribution in [0.3, 0.4) is 0 Å². The van der Waals surface area contributed by atoms with Crippen LogP contribution < -0.4 is 15.4 Å². The molecule has 2 aliphatic heterocycles. The Labute approximate surface area is 172 Å². The molecule has 9 heteroatoms. The maximum Gasteiger partial charge on any atom is 0.250 e. The third-order valence-corrected chi connectivity index (χ3v) is 4.68. The molecule has 2 unspecified atom stereocenters. The minimum atomic E-state index is -0.407. The van der Waals surface area contributed by atoms with Crippen LogP contribution in [-0.4, -0.2) is 76.6 Å². The lowest BCUT2D eigenvalue weighted by molar-refractivity contribution is -0.134. The molecule has 2 N–H and O–H groups in total. The number of carbonyl (C=O) groups excluding carboxylic acids is 1. The Morgan fingerprint density at radius 3 is 2.56 bits per heavy atom. The van der Waals surface area contributed by atoms with E-state index in [0.29, 0.717) is 19.7 Å². The lowest BCUT2D eigenvalue weighted by atomic mass is 10.0. The molecule has 0 aliphatic carbocycles. The molecule has 2 saturated heterocycles. The lowest BCUT2D eigenvalue weighted by Crippen LogP contribution is -2.50. The van der Waals surface area contributed by atoms with Gasteiger partial charge >= 0.3 is 0 Å². The molecule has 1 aromatic carbocycles. The van der Waals surface area contributed by atoms with E-state index in [4.69, 9.17) is 14.2 Å². The first-order valence-corrected chi connectivity index (χ1v) is 8.83. The van der Waals surface area contributed by atoms with Gasteiger partial charge in [-0.25, -0.2) is 0 Å². The molecule has 7 nitrogen and oxygen atoms in total. The number of hydrogen-bond donors (Lipinski definition) is 2. The van der Waals surface area contributed by atoms with Crippen molar-refractivity contribution in [1.29, 1.82) is 0 Å². The summed E-state index contributed by atoms with van der Waals surface area (Å²) in [6.07, 6.45) is -0.407. The summed E-state index contributed by atoms with van der Waals surface area (Å²) in [4.78, 5) is 14.7. The molecule has 2 atom stereocenters. The summed E-state index contributed by atoms with van der Waals surface area (Å²) in [7, 11) is 1.66. The van der Waals surface area contributed by atoms with Gasteiger partial charge in [0.05, 0.1) is 33.0 Å². The number of halogens is 2. The Bertz CT molecular complexity index is 550. The van der Waals surface area contributed by atoms with Gasteiger partial charge in [-0.15, -0.1) is 24.8 Å². The summed E-state index contributed by atoms with van der Waals surface area (Å²) < 4.78 is 16.2. The average Bonchev–Trinajstić information content (AvgIpc) is 2.70. The predicted octanol–water partition coefficient (Wildman–Crippen LogP) is 1.02. The minimum Gasteiger partial charge on any atom is -0.497 e. The molecule has 0 saturated carbocycles. The fourth-order valence-corrected chi connectivity index (χ4v) is 3.22. The Balaban J connectivity index is 0.00000182. The van der Waals surface area contributed by atoms with E-state index >= 15 is 0 Å². The third-order valence-electron chi connectivity index (χ3n) is 4.68. The van der Waals surface area contributed by atoms with Crippen molar-refractivity contribution in [3.05, 3.63) is 29.8 Å². The van der Waals surface area contributed by atoms with Crippen molar-refractivity contribution in [2.24, 2.45) is 0 Å². The molecule has 2 heterocycles. The van der Waals surface area contributed by atoms with Crippen molar-refractivity contribution in [1.82, 2.24) is 15.5 Å². The highest BCUT2D eigenvalue weighted by Gasteiger charge is 2.26. The van der Waals surface area contributed by atoms with Crippen LogP contribution in [0.15, 0.2) is 24.3 Å². The topological polar surface area (TPSA) is 72.1 Å². The standard InChI is InChI=1S/C18H27N3O4.2ClH/c1-23-15-4-2-14(3-5-15)16(21-7-10-24-11-8-21)12-20-18(22)17-13-19-6-9-25-17;;/h2-5,16-17,19H,6-13H2,1H3,(H,20,22);2*1H. The number of methoxy groups -OCH3 is 1. The number of ether oxygens (including phenoxy) is 3. The molecule has 154 valence electrons. The number of rotatable bonds is 6. The van der Waals surface area contributed by atoms with Crippen molar-refractivity contribution in [3.63, 3.8) is 0 Å². The van der Waals surface area contributed by atoms with Gasteiger partial charge in [0.25, 0.3) is 5.91 Å². The van der Waals surface area contributed by atoms with Gasteiger partial charge in [0.2, 0.25) is 0 Å². The molecule has 0 spiro atoms. The molecule has 27 heavy (non-hydrogen) atoms. The van der Waals surface area contributed by atoms with Crippen LogP contribution in [0.1, 0.15) is 11.6 Å². The predicted molar refractivity (Wildman–Crippen MR) is 108 cm³/mol. The summed E-state index contributed by atoms with van der Waals surface area (Å²) >= 11 is 0. The highest BCUT2D eigenvalue weighted by Crippen LogP contribution is 2.23. The summed E-state index contributed by atoms with van der Waals surface area (Å²) in [6, 6.07) is 8.14. The maximum atomic E-state index is 12.4. The highest BCUT2D eigenvalue weighted by atomic mass is 35.5. The number of benzene rings is 1. The molecule has 0 aromatic heterocycles. The van der Waals surface area contributed by atoms with E-state index in [2.05, 4.69) is 27.7 Å². The average molecular weight is 422 g/mol. The number of nitrogens with zero attached hydrogens (tertiary/aromatic N) is 1. The molecule has 3 rings (SSSR count). The van der Waals surface area contributed by atoms with Gasteiger partial charge in [-0.3, -0.25) is 9.69 Å². The molecule has 1 aromatic rings. The summed E-state index contributed by atoms with van der Waals surface area (Å²) in [6.45, 7) is 5.63. The number of carbonyl (C=O) groups is 1. The van der Waals surface area contributed by atoms with E-state index in [1.807, 2.05) is 12.1 Å². The summed E-state index contributed by atoms with van der Waals surface area (Å²) in [5.74, 6) is 0.772. The zero-order valence-corrected chi connectivity index (χ0v) is 17.2. The fraction of sp³-hybridized carbons (Fsp3) is 0.611. The Morgan fingerprint density at radius 1 is 1.26 bits per heavy atom. The van der Waals surface area contributed by atoms with Crippen molar-refractivity contribution < 1.29 is 19.0 Å². The van der Waals surface area contributed by atoms with Gasteiger partial charge in [0.15, 0.2) is 0 Å². The lowest BCUT2D eigenvalue weighted by Gasteiger charge is -2.35. The molecule has 2 aliphatic rings. The van der Waals surface area contributed by atoms with Crippen molar-refractivity contribution in [2.75, 3.05) is 59.7 Å². The molecular weight excluding hydrogens is 393 g/mol. The summed E-state index contributed by atoms with van der Waals surface area (Å²) in [5, 5.41) is 6.24. The van der Waals surface area contributed by atoms with E-state index < -0.39 is 6.10 Å². The molecule has 0 radical (unpaired) electrons. The first-order chi connectivity index (χ1) is 12.3. The van der Waals surface area contributed by atoms with Gasteiger partial charge in [-0.2, -0.15) is 0 Å². The van der Waals surface area contributed by atoms with E-state index in [0.717, 1.165) is 44.2 Å². The SMILES string of the molecule is COc1ccc(C(CNC(=O)C2CNCCO2)N2CCOCC2)cc1.Cl.Cl. The number of nitrogens with one attached hydrogen (secondary N) is 2. The van der Waals surface area contributed by atoms with E-state index in [1.165, 1.54) is 0 Å². The zero-order chi connectivity index (χ0) is 17.5. The maximum absolute atomic E-state index is 12.4. The van der Waals surface area contributed by atoms with Gasteiger partial charge in [0, 0.05) is 32.7 Å². The summed E-state index contributed by atoms with van der Waals surface area (Å²) in [5.41, 5.74) is 1.16. The smallest absolute Gasteiger partial charge is 0.250 e. The van der Waals surface area contributed by atoms with Crippen LogP contribution in [0, 0.1) is 0 Å². The van der Waals surface area contributed by atoms with Crippen LogP contribution in [-0.2, 0) is 14.3 Å². The fourth-order valence-electron chi connectivity index (χ4n) is 3.22. The normalized spacial score (nSPS) is 21.3. The van der Waals surface area contributed by atoms with Crippen LogP contribution in [0.25, 0.3) is 0 Å². The first kappa shape index (κ1) is 23.9. The Morgan fingerprint density at radius 2 is 1.96 bits per heavy atom. The second-order valence-electron chi connectivity index (χ2n) is 6.25. The van der Waals surface area contributed by atoms with Gasteiger partial charge in [-0.05, 0) is 17.7 Å². The van der Waals surface area contributed by atoms with Gasteiger partial charge in [0.1, 0.15) is 11.9 Å². The minimum absolute atomic E-state index is 0. The van der Waals surface area contributed by atoms with E-state index in [9.17, 15) is 4.79 Å². The monoisotopic (exact) mass is 421 g/mol. The molecular formula is C18H29Cl2N3O4. The zero-order valence-electron chi connectivity index (χ0n) is 15.5. The number of morpholine rings is 2. The first-order valence-electron chi connectivity index (χ1n) is 8.83. The second-order valence-corrected chi connectivity index (χ2v) is 6.25. The number of amides is 1. The Kier molecular flexibility index (Phi) is 11.0. The van der Waals surface area contributed by atoms with E-state index in [-0.39, 0.29) is 36.8 Å². The molecule has 1 amide bonds. The highest BCUT2D eigenvalue weighted by molar-refractivity contribution is 5.85. The van der Waals surface area contributed by atoms with Gasteiger partial charge < -0.3 is 24.8 Å². The van der Waals surface area contributed by atoms with Crippen LogP contribution in [0.2, 0.25) is 0 Å². The van der Waals surface area contributed by atoms with Crippen LogP contribution >= 0.6 is 24.8 Å². The molecule has 2 fully saturated rings. The molecule has 0 bridgehead atoms. The third kappa shape index (κ3) is 6.78. The number of hydrogen-bond acceptors (Lipinski definition) is 6. The van der Waals surface area contributed by atoms with E-state index in [1.54, 1.807) is 7.11 Å². The van der Waals surface area contributed by atoms with Crippen molar-refractivity contribution in [3.8, 4) is 5.75 Å². The van der Waals surface area contributed by atoms with Crippen LogP contribution in [0.5, 0.6) is 5.75 Å². The van der Waals surface area contributed by atoms with Crippen molar-refractivity contribution in [2.45, 2.75) is 12.1 Å². The quantitative estimate of drug-likeness (QED) is 0.714. The van der Waals surface area contributed by atoms with Gasteiger partial charge in [-0.1, -0.05) is 12.1 Å². The Hall–Kier alpha value is -1.09. The van der Waals surface area contributed by atoms with Crippen LogP contribution in [0.4, 0.5) is 0 Å². The second kappa shape index (κ2) is 12.4. The van der Waals surface area contributed by atoms with Crippen molar-refractivity contribution >= 4 is 30.7 Å². The largest absolute Gasteiger partial charge is 0.497 e.